The van der Waals surface area contributed by atoms with E-state index < -0.39 is 59.7 Å². The van der Waals surface area contributed by atoms with E-state index >= 15 is 0 Å². The lowest BCUT2D eigenvalue weighted by molar-refractivity contribution is -0.317. The number of esters is 1. The third-order valence-electron chi connectivity index (χ3n) is 4.71. The van der Waals surface area contributed by atoms with Gasteiger partial charge in [0.05, 0.1) is 19.8 Å². The van der Waals surface area contributed by atoms with Gasteiger partial charge in [0.1, 0.15) is 18.8 Å². The fourth-order valence-electron chi connectivity index (χ4n) is 3.29. The third-order valence-corrected chi connectivity index (χ3v) is 4.71. The van der Waals surface area contributed by atoms with Crippen molar-refractivity contribution >= 4 is 23.4 Å². The fraction of sp³-hybridized carbons (Fsp3) is 0.778. The van der Waals surface area contributed by atoms with E-state index in [9.17, 15) is 29.4 Å². The topological polar surface area (TPSA) is 184 Å². The average molecular weight is 434 g/mol. The molecular weight excluding hydrogens is 404 g/mol. The first-order valence-corrected chi connectivity index (χ1v) is 9.35. The molecule has 1 aliphatic heterocycles. The molecule has 0 aromatic rings. The summed E-state index contributed by atoms with van der Waals surface area (Å²) in [6, 6.07) is -1.65. The highest BCUT2D eigenvalue weighted by atomic mass is 16.7. The molecule has 1 amide bonds. The molecule has 1 heterocycles. The molecule has 12 nitrogen and oxygen atoms in total. The van der Waals surface area contributed by atoms with Crippen LogP contribution >= 0.6 is 0 Å². The number of ketones is 2. The standard InChI is InChI=1S/C18H30N2O10/c1-10(21)17(25)14(9-29-13(4)24)30-16(28-8-7-27-6-5-19)15(20-12(3)23)18(17,26)11(2)22/h14-16,25-26H,5-9,19H2,1-4H3,(H,20,23)/t14-,15+,16-,17+,18-/m1/s1. The molecule has 0 aliphatic carbocycles. The Morgan fingerprint density at radius 3 is 2.07 bits per heavy atom. The minimum atomic E-state index is -2.84. The zero-order chi connectivity index (χ0) is 23.1. The molecule has 12 heteroatoms. The van der Waals surface area contributed by atoms with Gasteiger partial charge in [-0.1, -0.05) is 0 Å². The van der Waals surface area contributed by atoms with Crippen LogP contribution in [0.2, 0.25) is 0 Å². The minimum Gasteiger partial charge on any atom is -0.463 e. The first-order valence-electron chi connectivity index (χ1n) is 9.35. The van der Waals surface area contributed by atoms with Crippen molar-refractivity contribution in [2.24, 2.45) is 5.73 Å². The number of rotatable bonds is 11. The lowest BCUT2D eigenvalue weighted by Gasteiger charge is -2.54. The number of Topliss-reactive ketones (excluding diaryl/α,β-unsaturated/α-hetero) is 2. The number of ether oxygens (including phenoxy) is 4. The highest BCUT2D eigenvalue weighted by Crippen LogP contribution is 2.40. The van der Waals surface area contributed by atoms with Crippen LogP contribution in [0.3, 0.4) is 0 Å². The summed E-state index contributed by atoms with van der Waals surface area (Å²) in [5.74, 6) is -3.48. The van der Waals surface area contributed by atoms with Crippen molar-refractivity contribution in [3.05, 3.63) is 0 Å². The van der Waals surface area contributed by atoms with Gasteiger partial charge < -0.3 is 40.2 Å². The summed E-state index contributed by atoms with van der Waals surface area (Å²) in [5, 5.41) is 24.8. The van der Waals surface area contributed by atoms with Gasteiger partial charge >= 0.3 is 5.97 Å². The van der Waals surface area contributed by atoms with Crippen molar-refractivity contribution in [1.82, 2.24) is 5.32 Å². The summed E-state index contributed by atoms with van der Waals surface area (Å²) >= 11 is 0. The molecule has 172 valence electrons. The second-order valence-corrected chi connectivity index (χ2v) is 6.89. The van der Waals surface area contributed by atoms with Gasteiger partial charge in [-0.15, -0.1) is 0 Å². The Morgan fingerprint density at radius 2 is 1.60 bits per heavy atom. The maximum absolute atomic E-state index is 12.5. The summed E-state index contributed by atoms with van der Waals surface area (Å²) in [4.78, 5) is 47.9. The van der Waals surface area contributed by atoms with Gasteiger partial charge in [-0.3, -0.25) is 19.2 Å². The number of nitrogens with one attached hydrogen (secondary N) is 1. The average Bonchev–Trinajstić information content (AvgIpc) is 2.64. The van der Waals surface area contributed by atoms with Gasteiger partial charge in [0, 0.05) is 20.4 Å². The van der Waals surface area contributed by atoms with E-state index in [0.717, 1.165) is 27.7 Å². The van der Waals surface area contributed by atoms with Crippen LogP contribution in [0.15, 0.2) is 0 Å². The van der Waals surface area contributed by atoms with Crippen molar-refractivity contribution in [3.8, 4) is 0 Å². The van der Waals surface area contributed by atoms with Crippen LogP contribution in [0.5, 0.6) is 0 Å². The molecule has 1 rings (SSSR count). The molecular formula is C18H30N2O10. The van der Waals surface area contributed by atoms with E-state index in [4.69, 9.17) is 24.7 Å². The number of carbonyl (C=O) groups excluding carboxylic acids is 4. The maximum Gasteiger partial charge on any atom is 0.302 e. The highest BCUT2D eigenvalue weighted by Gasteiger charge is 2.70. The Balaban J connectivity index is 3.36. The van der Waals surface area contributed by atoms with Gasteiger partial charge in [-0.05, 0) is 13.8 Å². The van der Waals surface area contributed by atoms with Crippen molar-refractivity contribution in [2.45, 2.75) is 57.3 Å². The van der Waals surface area contributed by atoms with E-state index in [1.807, 2.05) is 0 Å². The van der Waals surface area contributed by atoms with Crippen LogP contribution in [0.4, 0.5) is 0 Å². The van der Waals surface area contributed by atoms with Gasteiger partial charge in [0.2, 0.25) is 5.91 Å². The normalized spacial score (nSPS) is 31.1. The van der Waals surface area contributed by atoms with Crippen molar-refractivity contribution in [1.29, 1.82) is 0 Å². The first kappa shape index (κ1) is 26.1. The molecule has 5 N–H and O–H groups in total. The number of hydrogen-bond acceptors (Lipinski definition) is 11. The molecule has 0 spiro atoms. The molecule has 5 atom stereocenters. The van der Waals surface area contributed by atoms with E-state index in [1.54, 1.807) is 0 Å². The second-order valence-electron chi connectivity index (χ2n) is 6.89. The molecule has 1 fully saturated rings. The Morgan fingerprint density at radius 1 is 1.00 bits per heavy atom. The van der Waals surface area contributed by atoms with Crippen LogP contribution in [-0.2, 0) is 38.1 Å². The first-order chi connectivity index (χ1) is 13.9. The molecule has 0 radical (unpaired) electrons. The van der Waals surface area contributed by atoms with E-state index in [0.29, 0.717) is 0 Å². The molecule has 0 bridgehead atoms. The van der Waals surface area contributed by atoms with Crippen LogP contribution < -0.4 is 11.1 Å². The van der Waals surface area contributed by atoms with Crippen LogP contribution in [0, 0.1) is 0 Å². The van der Waals surface area contributed by atoms with Gasteiger partial charge in [0.15, 0.2) is 29.1 Å². The number of carbonyl (C=O) groups is 4. The fourth-order valence-corrected chi connectivity index (χ4v) is 3.29. The summed E-state index contributed by atoms with van der Waals surface area (Å²) in [6.45, 7) is 3.96. The SMILES string of the molecule is CC(=O)N[C@H]1[C@H](OCCOCCN)O[C@H](COC(C)=O)[C@@](O)(C(C)=O)[C@@]1(O)C(C)=O. The quantitative estimate of drug-likeness (QED) is 0.198. The monoisotopic (exact) mass is 434 g/mol. The van der Waals surface area contributed by atoms with Gasteiger partial charge in [-0.25, -0.2) is 0 Å². The third kappa shape index (κ3) is 5.39. The molecule has 0 saturated carbocycles. The zero-order valence-corrected chi connectivity index (χ0v) is 17.5. The van der Waals surface area contributed by atoms with Crippen molar-refractivity contribution in [2.75, 3.05) is 33.0 Å². The Kier molecular flexibility index (Phi) is 9.46. The summed E-state index contributed by atoms with van der Waals surface area (Å²) < 4.78 is 21.1. The lowest BCUT2D eigenvalue weighted by atomic mass is 9.67. The zero-order valence-electron chi connectivity index (χ0n) is 17.5. The molecule has 0 unspecified atom stereocenters. The van der Waals surface area contributed by atoms with Crippen LogP contribution in [-0.4, -0.2) is 96.3 Å². The van der Waals surface area contributed by atoms with Crippen molar-refractivity contribution in [3.63, 3.8) is 0 Å². The molecule has 30 heavy (non-hydrogen) atoms. The summed E-state index contributed by atoms with van der Waals surface area (Å²) in [6.07, 6.45) is -3.14. The number of amides is 1. The van der Waals surface area contributed by atoms with Gasteiger partial charge in [-0.2, -0.15) is 0 Å². The predicted octanol–water partition coefficient (Wildman–Crippen LogP) is -2.59. The smallest absolute Gasteiger partial charge is 0.302 e. The summed E-state index contributed by atoms with van der Waals surface area (Å²) in [7, 11) is 0. The highest BCUT2D eigenvalue weighted by molar-refractivity contribution is 5.99. The van der Waals surface area contributed by atoms with Gasteiger partial charge in [0.25, 0.3) is 0 Å². The Bertz CT molecular complexity index is 657. The number of hydrogen-bond donors (Lipinski definition) is 4. The molecule has 0 aromatic heterocycles. The second kappa shape index (κ2) is 10.9. The molecule has 0 aromatic carbocycles. The number of aliphatic hydroxyl groups is 2. The van der Waals surface area contributed by atoms with E-state index in [2.05, 4.69) is 5.32 Å². The molecule has 1 saturated heterocycles. The largest absolute Gasteiger partial charge is 0.463 e. The molecule has 1 aliphatic rings. The summed E-state index contributed by atoms with van der Waals surface area (Å²) in [5.41, 5.74) is -0.349. The number of nitrogens with two attached hydrogens (primary N) is 1. The van der Waals surface area contributed by atoms with E-state index in [-0.39, 0.29) is 26.4 Å². The van der Waals surface area contributed by atoms with Crippen LogP contribution in [0.1, 0.15) is 27.7 Å². The maximum atomic E-state index is 12.5. The van der Waals surface area contributed by atoms with Crippen LogP contribution in [0.25, 0.3) is 0 Å². The predicted molar refractivity (Wildman–Crippen MR) is 100.0 cm³/mol. The van der Waals surface area contributed by atoms with Crippen molar-refractivity contribution < 1.29 is 48.3 Å². The minimum absolute atomic E-state index is 0.0773. The Hall–Kier alpha value is -1.96. The lowest BCUT2D eigenvalue weighted by Crippen LogP contribution is -2.82. The van der Waals surface area contributed by atoms with E-state index in [1.165, 1.54) is 0 Å². The Labute approximate surface area is 174 Å².